The number of nitrogens with one attached hydrogen (secondary N) is 4. The van der Waals surface area contributed by atoms with Gasteiger partial charge in [0.2, 0.25) is 0 Å². The van der Waals surface area contributed by atoms with Gasteiger partial charge in [0, 0.05) is 12.2 Å². The third-order valence-corrected chi connectivity index (χ3v) is 6.04. The molecule has 3 rings (SSSR count). The molecule has 31 heavy (non-hydrogen) atoms. The fourth-order valence-electron chi connectivity index (χ4n) is 3.95. The minimum Gasteiger partial charge on any atom is -0.351 e. The van der Waals surface area contributed by atoms with Crippen LogP contribution in [0.3, 0.4) is 0 Å². The van der Waals surface area contributed by atoms with E-state index in [9.17, 15) is 14.0 Å². The van der Waals surface area contributed by atoms with E-state index in [0.717, 1.165) is 43.0 Å². The molecule has 7 heteroatoms. The zero-order valence-corrected chi connectivity index (χ0v) is 18.4. The second-order valence-corrected chi connectivity index (χ2v) is 8.34. The highest BCUT2D eigenvalue weighted by atomic mass is 19.1. The molecule has 0 unspecified atom stereocenters. The van der Waals surface area contributed by atoms with Crippen molar-refractivity contribution in [3.05, 3.63) is 65.0 Å². The van der Waals surface area contributed by atoms with Crippen molar-refractivity contribution in [3.8, 4) is 0 Å². The van der Waals surface area contributed by atoms with Gasteiger partial charge in [-0.3, -0.25) is 9.59 Å². The van der Waals surface area contributed by atoms with E-state index in [1.54, 1.807) is 18.2 Å². The number of hydrogen-bond acceptors (Lipinski definition) is 2. The minimum absolute atomic E-state index is 0.0116. The Kier molecular flexibility index (Phi) is 8.14. The molecule has 0 atom stereocenters. The van der Waals surface area contributed by atoms with Gasteiger partial charge < -0.3 is 20.4 Å². The number of hydrogen-bond donors (Lipinski definition) is 4. The maximum atomic E-state index is 13.6. The van der Waals surface area contributed by atoms with Gasteiger partial charge in [0.15, 0.2) is 13.1 Å². The van der Waals surface area contributed by atoms with E-state index in [2.05, 4.69) is 10.6 Å². The largest absolute Gasteiger partial charge is 0.351 e. The number of piperazine rings is 1. The second kappa shape index (κ2) is 11.0. The highest BCUT2D eigenvalue weighted by Crippen LogP contribution is 2.17. The molecule has 2 aromatic carbocycles. The van der Waals surface area contributed by atoms with Crippen molar-refractivity contribution in [2.45, 2.75) is 20.3 Å². The number of quaternary nitrogens is 2. The van der Waals surface area contributed by atoms with Crippen LogP contribution in [0, 0.1) is 19.7 Å². The Morgan fingerprint density at radius 3 is 2.23 bits per heavy atom. The number of aryl methyl sites for hydroxylation is 1. The Bertz CT molecular complexity index is 910. The van der Waals surface area contributed by atoms with E-state index in [-0.39, 0.29) is 17.6 Å². The van der Waals surface area contributed by atoms with Gasteiger partial charge in [-0.2, -0.15) is 0 Å². The summed E-state index contributed by atoms with van der Waals surface area (Å²) in [4.78, 5) is 27.1. The van der Waals surface area contributed by atoms with Gasteiger partial charge in [0.05, 0.1) is 0 Å². The van der Waals surface area contributed by atoms with Crippen molar-refractivity contribution in [1.29, 1.82) is 0 Å². The highest BCUT2D eigenvalue weighted by molar-refractivity contribution is 5.92. The summed E-state index contributed by atoms with van der Waals surface area (Å²) < 4.78 is 13.6. The number of carbonyl (C=O) groups is 2. The van der Waals surface area contributed by atoms with Crippen LogP contribution in [0.5, 0.6) is 0 Å². The van der Waals surface area contributed by atoms with Crippen molar-refractivity contribution < 1.29 is 23.8 Å². The Balaban J connectivity index is 1.34. The molecule has 1 heterocycles. The lowest BCUT2D eigenvalue weighted by atomic mass is 10.1. The first-order valence-electron chi connectivity index (χ1n) is 11.0. The summed E-state index contributed by atoms with van der Waals surface area (Å²) in [6.45, 7) is 8.77. The molecular formula is C24H33FN4O2+2. The van der Waals surface area contributed by atoms with E-state index < -0.39 is 0 Å². The molecule has 2 amide bonds. The predicted octanol–water partition coefficient (Wildman–Crippen LogP) is -0.477. The second-order valence-electron chi connectivity index (χ2n) is 8.34. The fourth-order valence-corrected chi connectivity index (χ4v) is 3.95. The fraction of sp³-hybridized carbons (Fsp3) is 0.417. The number of anilines is 1. The molecule has 0 saturated carbocycles. The van der Waals surface area contributed by atoms with Crippen LogP contribution in [-0.4, -0.2) is 57.6 Å². The van der Waals surface area contributed by atoms with Crippen LogP contribution in [0.2, 0.25) is 0 Å². The summed E-state index contributed by atoms with van der Waals surface area (Å²) in [5.41, 5.74) is 3.75. The smallest absolute Gasteiger partial charge is 0.279 e. The Hall–Kier alpha value is -2.77. The van der Waals surface area contributed by atoms with Crippen molar-refractivity contribution >= 4 is 17.5 Å². The minimum atomic E-state index is -0.233. The van der Waals surface area contributed by atoms with Crippen LogP contribution < -0.4 is 20.4 Å². The third-order valence-electron chi connectivity index (χ3n) is 6.04. The van der Waals surface area contributed by atoms with Crippen molar-refractivity contribution in [2.24, 2.45) is 0 Å². The summed E-state index contributed by atoms with van der Waals surface area (Å²) in [5, 5.41) is 5.91. The summed E-state index contributed by atoms with van der Waals surface area (Å²) in [7, 11) is 0. The zero-order chi connectivity index (χ0) is 22.2. The number of carbonyl (C=O) groups excluding carboxylic acids is 2. The lowest BCUT2D eigenvalue weighted by molar-refractivity contribution is -1.00. The molecule has 6 nitrogen and oxygen atoms in total. The monoisotopic (exact) mass is 428 g/mol. The Labute approximate surface area is 183 Å². The van der Waals surface area contributed by atoms with Gasteiger partial charge in [0.1, 0.15) is 32.0 Å². The molecule has 0 aromatic heterocycles. The first-order valence-corrected chi connectivity index (χ1v) is 11.0. The topological polar surface area (TPSA) is 67.1 Å². The molecule has 1 saturated heterocycles. The van der Waals surface area contributed by atoms with E-state index in [1.807, 2.05) is 32.0 Å². The van der Waals surface area contributed by atoms with Crippen LogP contribution in [0.15, 0.2) is 42.5 Å². The van der Waals surface area contributed by atoms with Crippen LogP contribution in [0.1, 0.15) is 16.7 Å². The average molecular weight is 429 g/mol. The zero-order valence-electron chi connectivity index (χ0n) is 18.4. The van der Waals surface area contributed by atoms with Gasteiger partial charge in [-0.15, -0.1) is 0 Å². The molecule has 4 N–H and O–H groups in total. The summed E-state index contributed by atoms with van der Waals surface area (Å²) in [6, 6.07) is 12.6. The van der Waals surface area contributed by atoms with Crippen LogP contribution in [0.25, 0.3) is 0 Å². The molecule has 0 spiro atoms. The van der Waals surface area contributed by atoms with E-state index >= 15 is 0 Å². The van der Waals surface area contributed by atoms with Crippen LogP contribution in [-0.2, 0) is 16.0 Å². The van der Waals surface area contributed by atoms with Crippen LogP contribution >= 0.6 is 0 Å². The molecular weight excluding hydrogens is 395 g/mol. The Morgan fingerprint density at radius 1 is 0.903 bits per heavy atom. The predicted molar refractivity (Wildman–Crippen MR) is 119 cm³/mol. The first-order chi connectivity index (χ1) is 14.9. The number of amides is 2. The normalized spacial score (nSPS) is 18.4. The molecule has 1 aliphatic heterocycles. The van der Waals surface area contributed by atoms with Gasteiger partial charge in [-0.25, -0.2) is 4.39 Å². The first kappa shape index (κ1) is 22.9. The third kappa shape index (κ3) is 6.87. The lowest BCUT2D eigenvalue weighted by Crippen LogP contribution is -3.28. The molecule has 0 bridgehead atoms. The summed E-state index contributed by atoms with van der Waals surface area (Å²) >= 11 is 0. The van der Waals surface area contributed by atoms with Gasteiger partial charge in [-0.05, 0) is 49.1 Å². The molecule has 166 valence electrons. The van der Waals surface area contributed by atoms with E-state index in [0.29, 0.717) is 31.6 Å². The molecule has 1 fully saturated rings. The lowest BCUT2D eigenvalue weighted by Gasteiger charge is -2.29. The van der Waals surface area contributed by atoms with E-state index in [4.69, 9.17) is 0 Å². The number of benzene rings is 2. The van der Waals surface area contributed by atoms with Gasteiger partial charge >= 0.3 is 0 Å². The SMILES string of the molecule is Cc1cccc(NC(=O)C[NH+]2CC[NH+](CC(=O)NCCc3ccccc3F)CC2)c1C. The Morgan fingerprint density at radius 2 is 1.55 bits per heavy atom. The molecule has 1 aliphatic rings. The van der Waals surface area contributed by atoms with Gasteiger partial charge in [-0.1, -0.05) is 30.3 Å². The van der Waals surface area contributed by atoms with Gasteiger partial charge in [0.25, 0.3) is 11.8 Å². The van der Waals surface area contributed by atoms with Crippen molar-refractivity contribution in [2.75, 3.05) is 51.1 Å². The quantitative estimate of drug-likeness (QED) is 0.459. The summed E-state index contributed by atoms with van der Waals surface area (Å²) in [6.07, 6.45) is 0.487. The van der Waals surface area contributed by atoms with Crippen molar-refractivity contribution in [1.82, 2.24) is 5.32 Å². The maximum absolute atomic E-state index is 13.6. The standard InChI is InChI=1S/C24H31FN4O2/c1-18-6-5-9-22(19(18)2)27-24(31)17-29-14-12-28(13-15-29)16-23(30)26-11-10-20-7-3-4-8-21(20)25/h3-9H,10-17H2,1-2H3,(H,26,30)(H,27,31)/p+2. The number of halogens is 1. The van der Waals surface area contributed by atoms with Crippen LogP contribution in [0.4, 0.5) is 10.1 Å². The number of rotatable bonds is 8. The van der Waals surface area contributed by atoms with Crippen molar-refractivity contribution in [3.63, 3.8) is 0 Å². The molecule has 0 aliphatic carbocycles. The molecule has 0 radical (unpaired) electrons. The summed E-state index contributed by atoms with van der Waals surface area (Å²) in [5.74, 6) is -0.219. The van der Waals surface area contributed by atoms with E-state index in [1.165, 1.54) is 15.9 Å². The maximum Gasteiger partial charge on any atom is 0.279 e. The molecule has 2 aromatic rings. The highest BCUT2D eigenvalue weighted by Gasteiger charge is 2.26. The average Bonchev–Trinajstić information content (AvgIpc) is 2.74.